The van der Waals surface area contributed by atoms with Crippen LogP contribution in [0.25, 0.3) is 0 Å². The number of amides is 4. The largest absolute Gasteiger partial charge is 0.354 e. The summed E-state index contributed by atoms with van der Waals surface area (Å²) in [5, 5.41) is 3.57. The molecule has 2 N–H and O–H groups in total. The first-order valence-corrected chi connectivity index (χ1v) is 10.4. The molecule has 0 saturated carbocycles. The van der Waals surface area contributed by atoms with Gasteiger partial charge in [-0.05, 0) is 24.1 Å². The van der Waals surface area contributed by atoms with Crippen molar-refractivity contribution in [2.75, 3.05) is 37.6 Å². The summed E-state index contributed by atoms with van der Waals surface area (Å²) >= 11 is 0. The van der Waals surface area contributed by atoms with Crippen molar-refractivity contribution in [3.63, 3.8) is 0 Å². The lowest BCUT2D eigenvalue weighted by Crippen LogP contribution is -2.54. The highest BCUT2D eigenvalue weighted by atomic mass is 16.2. The molecule has 0 unspecified atom stereocenters. The number of benzene rings is 1. The average Bonchev–Trinajstić information content (AvgIpc) is 3.06. The van der Waals surface area contributed by atoms with E-state index in [1.54, 1.807) is 18.3 Å². The molecule has 4 amide bonds. The van der Waals surface area contributed by atoms with E-state index in [1.165, 1.54) is 0 Å². The molecule has 2 fully saturated rings. The van der Waals surface area contributed by atoms with Gasteiger partial charge in [0.15, 0.2) is 0 Å². The van der Waals surface area contributed by atoms with Crippen LogP contribution in [-0.2, 0) is 15.1 Å². The summed E-state index contributed by atoms with van der Waals surface area (Å²) in [6.45, 7) is 4.82. The minimum absolute atomic E-state index is 0.109. The van der Waals surface area contributed by atoms with Crippen LogP contribution < -0.4 is 15.6 Å². The topological polar surface area (TPSA) is 97.9 Å². The monoisotopic (exact) mass is 422 g/mol. The Labute approximate surface area is 181 Å². The number of urea groups is 1. The Morgan fingerprint density at radius 2 is 1.77 bits per heavy atom. The van der Waals surface area contributed by atoms with Crippen molar-refractivity contribution in [1.29, 1.82) is 0 Å². The third-order valence-corrected chi connectivity index (χ3v) is 5.84. The van der Waals surface area contributed by atoms with E-state index in [4.69, 9.17) is 0 Å². The number of piperazine rings is 1. The Morgan fingerprint density at radius 3 is 2.42 bits per heavy atom. The molecule has 9 nitrogen and oxygen atoms in total. The van der Waals surface area contributed by atoms with Crippen molar-refractivity contribution in [3.8, 4) is 0 Å². The molecule has 4 rings (SSSR count). The predicted octanol–water partition coefficient (Wildman–Crippen LogP) is 1.09. The second-order valence-electron chi connectivity index (χ2n) is 7.68. The third kappa shape index (κ3) is 4.09. The molecule has 2 aromatic rings. The van der Waals surface area contributed by atoms with Gasteiger partial charge in [0.1, 0.15) is 11.4 Å². The number of anilines is 1. The van der Waals surface area contributed by atoms with E-state index in [9.17, 15) is 14.4 Å². The van der Waals surface area contributed by atoms with E-state index in [1.807, 2.05) is 48.2 Å². The summed E-state index contributed by atoms with van der Waals surface area (Å²) in [4.78, 5) is 46.7. The van der Waals surface area contributed by atoms with E-state index in [0.29, 0.717) is 25.1 Å². The molecule has 0 radical (unpaired) electrons. The fraction of sp³-hybridized carbons (Fsp3) is 0.364. The molecule has 2 saturated heterocycles. The van der Waals surface area contributed by atoms with Crippen LogP contribution >= 0.6 is 0 Å². The van der Waals surface area contributed by atoms with Gasteiger partial charge in [-0.25, -0.2) is 9.78 Å². The molecular weight excluding hydrogens is 396 g/mol. The van der Waals surface area contributed by atoms with Crippen LogP contribution in [0, 0.1) is 0 Å². The molecule has 0 spiro atoms. The highest BCUT2D eigenvalue weighted by Gasteiger charge is 2.52. The summed E-state index contributed by atoms with van der Waals surface area (Å²) in [6.07, 6.45) is 2.14. The van der Waals surface area contributed by atoms with E-state index in [-0.39, 0.29) is 6.54 Å². The number of imide groups is 1. The molecule has 3 heterocycles. The first-order chi connectivity index (χ1) is 15.0. The molecule has 1 atom stereocenters. The molecule has 1 aromatic heterocycles. The zero-order valence-corrected chi connectivity index (χ0v) is 17.5. The fourth-order valence-corrected chi connectivity index (χ4v) is 4.08. The molecule has 2 aliphatic heterocycles. The standard InChI is InChI=1S/C22H26N6O3/c1-2-22(17-8-4-3-5-9-17)20(30)28(21(31)24-22)25-19(29)16-26-12-14-27(15-13-26)18-10-6-7-11-23-18/h3-11H,2,12-16H2,1H3,(H,24,31)(H,25,29)/t22-/m0/s1. The number of hydrogen-bond acceptors (Lipinski definition) is 6. The van der Waals surface area contributed by atoms with Crippen molar-refractivity contribution in [2.45, 2.75) is 18.9 Å². The summed E-state index contributed by atoms with van der Waals surface area (Å²) in [5.74, 6) is 0.0528. The van der Waals surface area contributed by atoms with Crippen molar-refractivity contribution < 1.29 is 14.4 Å². The number of aromatic nitrogens is 1. The Morgan fingerprint density at radius 1 is 1.06 bits per heavy atom. The van der Waals surface area contributed by atoms with Crippen LogP contribution in [0.15, 0.2) is 54.7 Å². The summed E-state index contributed by atoms with van der Waals surface area (Å²) in [7, 11) is 0. The molecule has 2 aliphatic rings. The summed E-state index contributed by atoms with van der Waals surface area (Å²) in [6, 6.07) is 14.3. The van der Waals surface area contributed by atoms with Crippen molar-refractivity contribution in [1.82, 2.24) is 25.6 Å². The van der Waals surface area contributed by atoms with Gasteiger partial charge in [-0.3, -0.25) is 19.9 Å². The maximum absolute atomic E-state index is 13.1. The highest BCUT2D eigenvalue weighted by molar-refractivity contribution is 6.08. The maximum Gasteiger partial charge on any atom is 0.344 e. The molecule has 1 aromatic carbocycles. The molecule has 0 aliphatic carbocycles. The van der Waals surface area contributed by atoms with Gasteiger partial charge in [0, 0.05) is 32.4 Å². The van der Waals surface area contributed by atoms with Crippen molar-refractivity contribution in [2.24, 2.45) is 0 Å². The zero-order valence-electron chi connectivity index (χ0n) is 17.5. The van der Waals surface area contributed by atoms with E-state index >= 15 is 0 Å². The number of nitrogens with zero attached hydrogens (tertiary/aromatic N) is 4. The number of hydrogen-bond donors (Lipinski definition) is 2. The Hall–Kier alpha value is -3.46. The van der Waals surface area contributed by atoms with Crippen LogP contribution in [-0.4, -0.2) is 65.5 Å². The van der Waals surface area contributed by atoms with Crippen LogP contribution in [0.5, 0.6) is 0 Å². The Kier molecular flexibility index (Phi) is 5.85. The second kappa shape index (κ2) is 8.73. The van der Waals surface area contributed by atoms with Gasteiger partial charge in [-0.2, -0.15) is 5.01 Å². The normalized spacial score (nSPS) is 21.8. The molecule has 9 heteroatoms. The second-order valence-corrected chi connectivity index (χ2v) is 7.68. The lowest BCUT2D eigenvalue weighted by Gasteiger charge is -2.35. The van der Waals surface area contributed by atoms with Gasteiger partial charge in [0.05, 0.1) is 6.54 Å². The minimum atomic E-state index is -1.17. The van der Waals surface area contributed by atoms with Gasteiger partial charge < -0.3 is 10.2 Å². The quantitative estimate of drug-likeness (QED) is 0.677. The fourth-order valence-electron chi connectivity index (χ4n) is 4.08. The Balaban J connectivity index is 1.35. The summed E-state index contributed by atoms with van der Waals surface area (Å²) in [5.41, 5.74) is 2.02. The van der Waals surface area contributed by atoms with Gasteiger partial charge in [-0.1, -0.05) is 43.3 Å². The Bertz CT molecular complexity index is 946. The SMILES string of the molecule is CC[C@@]1(c2ccccc2)NC(=O)N(NC(=O)CN2CCN(c3ccccn3)CC2)C1=O. The number of nitrogens with one attached hydrogen (secondary N) is 2. The number of rotatable bonds is 6. The number of carbonyl (C=O) groups excluding carboxylic acids is 3. The third-order valence-electron chi connectivity index (χ3n) is 5.84. The lowest BCUT2D eigenvalue weighted by molar-refractivity contribution is -0.139. The van der Waals surface area contributed by atoms with Crippen molar-refractivity contribution in [3.05, 3.63) is 60.3 Å². The average molecular weight is 422 g/mol. The zero-order chi connectivity index (χ0) is 21.8. The van der Waals surface area contributed by atoms with Crippen LogP contribution in [0.3, 0.4) is 0 Å². The predicted molar refractivity (Wildman–Crippen MR) is 115 cm³/mol. The number of hydrazine groups is 1. The number of pyridine rings is 1. The first-order valence-electron chi connectivity index (χ1n) is 10.4. The van der Waals surface area contributed by atoms with Crippen molar-refractivity contribution >= 4 is 23.7 Å². The molecule has 31 heavy (non-hydrogen) atoms. The summed E-state index contributed by atoms with van der Waals surface area (Å²) < 4.78 is 0. The molecular formula is C22H26N6O3. The van der Waals surface area contributed by atoms with Crippen LogP contribution in [0.2, 0.25) is 0 Å². The van der Waals surface area contributed by atoms with E-state index < -0.39 is 23.4 Å². The van der Waals surface area contributed by atoms with Crippen LogP contribution in [0.4, 0.5) is 10.6 Å². The van der Waals surface area contributed by atoms with E-state index in [2.05, 4.69) is 20.6 Å². The smallest absolute Gasteiger partial charge is 0.344 e. The first kappa shape index (κ1) is 20.8. The number of carbonyl (C=O) groups is 3. The van der Waals surface area contributed by atoms with Crippen LogP contribution in [0.1, 0.15) is 18.9 Å². The molecule has 0 bridgehead atoms. The minimum Gasteiger partial charge on any atom is -0.354 e. The molecule has 162 valence electrons. The lowest BCUT2D eigenvalue weighted by atomic mass is 9.87. The van der Waals surface area contributed by atoms with Gasteiger partial charge >= 0.3 is 6.03 Å². The maximum atomic E-state index is 13.1. The van der Waals surface area contributed by atoms with Gasteiger partial charge in [0.25, 0.3) is 11.8 Å². The van der Waals surface area contributed by atoms with E-state index in [0.717, 1.165) is 23.9 Å². The highest BCUT2D eigenvalue weighted by Crippen LogP contribution is 2.31. The van der Waals surface area contributed by atoms with Gasteiger partial charge in [0.2, 0.25) is 0 Å². The van der Waals surface area contributed by atoms with Gasteiger partial charge in [-0.15, -0.1) is 0 Å².